The highest BCUT2D eigenvalue weighted by molar-refractivity contribution is 5.82. The molecular formula is C14H25NO4. The number of carbonyl (C=O) groups is 2. The summed E-state index contributed by atoms with van der Waals surface area (Å²) in [5.41, 5.74) is -1.06. The van der Waals surface area contributed by atoms with Gasteiger partial charge in [0.1, 0.15) is 5.41 Å². The van der Waals surface area contributed by atoms with Gasteiger partial charge in [-0.2, -0.15) is 0 Å². The Kier molecular flexibility index (Phi) is 4.61. The van der Waals surface area contributed by atoms with Crippen molar-refractivity contribution >= 4 is 11.9 Å². The van der Waals surface area contributed by atoms with E-state index in [4.69, 9.17) is 4.74 Å². The molecule has 2 unspecified atom stereocenters. The van der Waals surface area contributed by atoms with Crippen LogP contribution in [-0.2, 0) is 14.3 Å². The zero-order valence-corrected chi connectivity index (χ0v) is 12.5. The predicted octanol–water partition coefficient (Wildman–Crippen LogP) is 1.62. The maximum Gasteiger partial charge on any atom is 0.313 e. The number of amides is 1. The first kappa shape index (κ1) is 16.0. The van der Waals surface area contributed by atoms with E-state index in [1.54, 1.807) is 4.90 Å². The standard InChI is InChI=1S/C14H25NO4/c1-10(13(2,3)4)11(16)15-7-6-14(8-15,9-19-5)12(17)18/h10H,6-9H2,1-5H3,(H,17,18). The van der Waals surface area contributed by atoms with Gasteiger partial charge < -0.3 is 14.7 Å². The van der Waals surface area contributed by atoms with Crippen molar-refractivity contribution < 1.29 is 19.4 Å². The number of likely N-dealkylation sites (tertiary alicyclic amines) is 1. The molecule has 5 nitrogen and oxygen atoms in total. The third-order valence-electron chi connectivity index (χ3n) is 4.21. The number of rotatable bonds is 4. The fourth-order valence-corrected chi connectivity index (χ4v) is 2.34. The maximum absolute atomic E-state index is 12.4. The molecule has 19 heavy (non-hydrogen) atoms. The van der Waals surface area contributed by atoms with Crippen LogP contribution in [0.15, 0.2) is 0 Å². The highest BCUT2D eigenvalue weighted by Crippen LogP contribution is 2.34. The molecule has 1 heterocycles. The Bertz CT molecular complexity index is 361. The molecule has 110 valence electrons. The third-order valence-corrected chi connectivity index (χ3v) is 4.21. The molecule has 1 rings (SSSR count). The molecular weight excluding hydrogens is 246 g/mol. The van der Waals surface area contributed by atoms with Gasteiger partial charge in [0, 0.05) is 26.1 Å². The Labute approximate surface area is 114 Å². The van der Waals surface area contributed by atoms with Crippen LogP contribution in [0, 0.1) is 16.7 Å². The monoisotopic (exact) mass is 271 g/mol. The van der Waals surface area contributed by atoms with Gasteiger partial charge in [-0.3, -0.25) is 9.59 Å². The largest absolute Gasteiger partial charge is 0.481 e. The Balaban J connectivity index is 2.80. The summed E-state index contributed by atoms with van der Waals surface area (Å²) < 4.78 is 5.03. The molecule has 1 aliphatic heterocycles. The lowest BCUT2D eigenvalue weighted by atomic mass is 9.81. The topological polar surface area (TPSA) is 66.8 Å². The van der Waals surface area contributed by atoms with Gasteiger partial charge in [-0.05, 0) is 11.8 Å². The Morgan fingerprint density at radius 2 is 2.00 bits per heavy atom. The molecule has 1 amide bonds. The molecule has 0 aromatic carbocycles. The van der Waals surface area contributed by atoms with E-state index in [2.05, 4.69) is 0 Å². The zero-order valence-electron chi connectivity index (χ0n) is 12.5. The van der Waals surface area contributed by atoms with Crippen molar-refractivity contribution in [2.45, 2.75) is 34.1 Å². The average Bonchev–Trinajstić information content (AvgIpc) is 2.72. The maximum atomic E-state index is 12.4. The SMILES string of the molecule is COCC1(C(=O)O)CCN(C(=O)C(C)C(C)(C)C)C1. The van der Waals surface area contributed by atoms with Gasteiger partial charge in [0.25, 0.3) is 0 Å². The summed E-state index contributed by atoms with van der Waals surface area (Å²) in [7, 11) is 1.49. The molecule has 0 aromatic heterocycles. The number of carbonyl (C=O) groups excluding carboxylic acids is 1. The number of nitrogens with zero attached hydrogens (tertiary/aromatic N) is 1. The molecule has 2 atom stereocenters. The van der Waals surface area contributed by atoms with E-state index < -0.39 is 11.4 Å². The molecule has 0 saturated carbocycles. The Hall–Kier alpha value is -1.10. The minimum Gasteiger partial charge on any atom is -0.481 e. The van der Waals surface area contributed by atoms with Crippen molar-refractivity contribution in [1.29, 1.82) is 0 Å². The minimum atomic E-state index is -0.942. The summed E-state index contributed by atoms with van der Waals surface area (Å²) >= 11 is 0. The quantitative estimate of drug-likeness (QED) is 0.843. The molecule has 1 N–H and O–H groups in total. The summed E-state index contributed by atoms with van der Waals surface area (Å²) in [5.74, 6) is -0.973. The first-order valence-electron chi connectivity index (χ1n) is 6.65. The number of methoxy groups -OCH3 is 1. The lowest BCUT2D eigenvalue weighted by Crippen LogP contribution is -2.43. The number of ether oxygens (including phenoxy) is 1. The van der Waals surface area contributed by atoms with E-state index in [0.717, 1.165) is 0 Å². The van der Waals surface area contributed by atoms with E-state index in [0.29, 0.717) is 13.0 Å². The van der Waals surface area contributed by atoms with Crippen molar-refractivity contribution in [3.8, 4) is 0 Å². The van der Waals surface area contributed by atoms with Crippen molar-refractivity contribution in [2.75, 3.05) is 26.8 Å². The fourth-order valence-electron chi connectivity index (χ4n) is 2.34. The van der Waals surface area contributed by atoms with E-state index in [1.807, 2.05) is 27.7 Å². The highest BCUT2D eigenvalue weighted by Gasteiger charge is 2.47. The summed E-state index contributed by atoms with van der Waals surface area (Å²) in [6, 6.07) is 0. The second-order valence-corrected chi connectivity index (χ2v) is 6.62. The van der Waals surface area contributed by atoms with Crippen molar-refractivity contribution in [3.63, 3.8) is 0 Å². The Morgan fingerprint density at radius 1 is 1.42 bits per heavy atom. The average molecular weight is 271 g/mol. The number of hydrogen-bond acceptors (Lipinski definition) is 3. The predicted molar refractivity (Wildman–Crippen MR) is 71.8 cm³/mol. The first-order valence-corrected chi connectivity index (χ1v) is 6.65. The van der Waals surface area contributed by atoms with Crippen LogP contribution in [0.2, 0.25) is 0 Å². The van der Waals surface area contributed by atoms with Crippen LogP contribution < -0.4 is 0 Å². The van der Waals surface area contributed by atoms with Crippen LogP contribution in [0.3, 0.4) is 0 Å². The summed E-state index contributed by atoms with van der Waals surface area (Å²) in [5, 5.41) is 9.37. The molecule has 1 fully saturated rings. The summed E-state index contributed by atoms with van der Waals surface area (Å²) in [4.78, 5) is 25.5. The second-order valence-electron chi connectivity index (χ2n) is 6.62. The van der Waals surface area contributed by atoms with E-state index >= 15 is 0 Å². The first-order chi connectivity index (χ1) is 8.64. The number of carboxylic acids is 1. The van der Waals surface area contributed by atoms with E-state index in [-0.39, 0.29) is 30.4 Å². The summed E-state index contributed by atoms with van der Waals surface area (Å²) in [6.07, 6.45) is 0.457. The molecule has 0 bridgehead atoms. The third kappa shape index (κ3) is 3.26. The second kappa shape index (κ2) is 5.49. The smallest absolute Gasteiger partial charge is 0.313 e. The molecule has 1 aliphatic rings. The number of hydrogen-bond donors (Lipinski definition) is 1. The molecule has 1 saturated heterocycles. The molecule has 0 radical (unpaired) electrons. The minimum absolute atomic E-state index is 0.0340. The van der Waals surface area contributed by atoms with Crippen LogP contribution in [0.4, 0.5) is 0 Å². The van der Waals surface area contributed by atoms with Crippen molar-refractivity contribution in [2.24, 2.45) is 16.7 Å². The fraction of sp³-hybridized carbons (Fsp3) is 0.857. The zero-order chi connectivity index (χ0) is 14.8. The van der Waals surface area contributed by atoms with Crippen LogP contribution in [0.1, 0.15) is 34.1 Å². The lowest BCUT2D eigenvalue weighted by Gasteiger charge is -2.31. The number of aliphatic carboxylic acids is 1. The van der Waals surface area contributed by atoms with Crippen molar-refractivity contribution in [3.05, 3.63) is 0 Å². The Morgan fingerprint density at radius 3 is 2.42 bits per heavy atom. The van der Waals surface area contributed by atoms with Gasteiger partial charge in [-0.1, -0.05) is 27.7 Å². The van der Waals surface area contributed by atoms with Crippen LogP contribution in [-0.4, -0.2) is 48.7 Å². The molecule has 0 aliphatic carbocycles. The van der Waals surface area contributed by atoms with Crippen LogP contribution in [0.5, 0.6) is 0 Å². The molecule has 0 aromatic rings. The van der Waals surface area contributed by atoms with Gasteiger partial charge in [-0.25, -0.2) is 0 Å². The normalized spacial score (nSPS) is 25.4. The number of carboxylic acid groups (broad SMARTS) is 1. The van der Waals surface area contributed by atoms with Crippen LogP contribution in [0.25, 0.3) is 0 Å². The van der Waals surface area contributed by atoms with Gasteiger partial charge >= 0.3 is 5.97 Å². The van der Waals surface area contributed by atoms with Gasteiger partial charge in [0.2, 0.25) is 5.91 Å². The molecule has 5 heteroatoms. The summed E-state index contributed by atoms with van der Waals surface area (Å²) in [6.45, 7) is 8.85. The highest BCUT2D eigenvalue weighted by atomic mass is 16.5. The lowest BCUT2D eigenvalue weighted by molar-refractivity contribution is -0.152. The van der Waals surface area contributed by atoms with Gasteiger partial charge in [0.05, 0.1) is 6.61 Å². The van der Waals surface area contributed by atoms with Crippen LogP contribution >= 0.6 is 0 Å². The van der Waals surface area contributed by atoms with Gasteiger partial charge in [-0.15, -0.1) is 0 Å². The van der Waals surface area contributed by atoms with Gasteiger partial charge in [0.15, 0.2) is 0 Å². The van der Waals surface area contributed by atoms with Crippen molar-refractivity contribution in [1.82, 2.24) is 4.90 Å². The molecule has 0 spiro atoms. The van der Waals surface area contributed by atoms with E-state index in [1.165, 1.54) is 7.11 Å². The van der Waals surface area contributed by atoms with E-state index in [9.17, 15) is 14.7 Å².